The number of nitrogens with one attached hydrogen (secondary N) is 1. The van der Waals surface area contributed by atoms with E-state index in [9.17, 15) is 9.59 Å². The van der Waals surface area contributed by atoms with E-state index >= 15 is 0 Å². The topological polar surface area (TPSA) is 77.5 Å². The number of unbranched alkanes of at least 4 members (excludes halogenated alkanes) is 1. The zero-order valence-corrected chi connectivity index (χ0v) is 16.1. The highest BCUT2D eigenvalue weighted by molar-refractivity contribution is 7.13. The molecule has 0 bridgehead atoms. The van der Waals surface area contributed by atoms with Crippen molar-refractivity contribution in [1.82, 2.24) is 10.3 Å². The van der Waals surface area contributed by atoms with Crippen molar-refractivity contribution in [2.75, 3.05) is 13.7 Å². The molecule has 6 nitrogen and oxygen atoms in total. The quantitative estimate of drug-likeness (QED) is 0.534. The van der Waals surface area contributed by atoms with Gasteiger partial charge >= 0.3 is 5.97 Å². The van der Waals surface area contributed by atoms with E-state index < -0.39 is 0 Å². The number of hydrogen-bond donors (Lipinski definition) is 1. The first kappa shape index (κ1) is 19.9. The van der Waals surface area contributed by atoms with Crippen LogP contribution in [0.25, 0.3) is 10.6 Å². The van der Waals surface area contributed by atoms with Gasteiger partial charge in [-0.25, -0.2) is 4.98 Å². The number of rotatable bonds is 9. The van der Waals surface area contributed by atoms with Crippen LogP contribution in [0.1, 0.15) is 43.6 Å². The number of hydrogen-bond acceptors (Lipinski definition) is 6. The lowest BCUT2D eigenvalue weighted by atomic mass is 10.2. The van der Waals surface area contributed by atoms with Crippen molar-refractivity contribution in [2.24, 2.45) is 0 Å². The summed E-state index contributed by atoms with van der Waals surface area (Å²) in [6, 6.07) is 7.67. The summed E-state index contributed by atoms with van der Waals surface area (Å²) in [6.07, 6.45) is 1.89. The highest BCUT2D eigenvalue weighted by Crippen LogP contribution is 2.26. The fourth-order valence-corrected chi connectivity index (χ4v) is 3.05. The maximum absolute atomic E-state index is 12.1. The van der Waals surface area contributed by atoms with Gasteiger partial charge in [-0.2, -0.15) is 0 Å². The van der Waals surface area contributed by atoms with Crippen molar-refractivity contribution in [3.63, 3.8) is 0 Å². The van der Waals surface area contributed by atoms with Gasteiger partial charge in [-0.05, 0) is 51.0 Å². The van der Waals surface area contributed by atoms with E-state index in [4.69, 9.17) is 4.74 Å². The number of methoxy groups -OCH3 is 1. The molecule has 0 saturated heterocycles. The van der Waals surface area contributed by atoms with Gasteiger partial charge in [-0.3, -0.25) is 9.59 Å². The Kier molecular flexibility index (Phi) is 7.59. The fourth-order valence-electron chi connectivity index (χ4n) is 2.25. The van der Waals surface area contributed by atoms with Gasteiger partial charge < -0.3 is 14.8 Å². The second-order valence-electron chi connectivity index (χ2n) is 6.02. The van der Waals surface area contributed by atoms with Crippen LogP contribution in [-0.4, -0.2) is 36.6 Å². The van der Waals surface area contributed by atoms with Gasteiger partial charge in [-0.1, -0.05) is 0 Å². The van der Waals surface area contributed by atoms with Crippen molar-refractivity contribution in [2.45, 2.75) is 39.2 Å². The maximum atomic E-state index is 12.1. The van der Waals surface area contributed by atoms with Crippen LogP contribution in [0.4, 0.5) is 0 Å². The molecule has 0 aliphatic carbocycles. The molecule has 2 aromatic rings. The Morgan fingerprint density at radius 1 is 1.19 bits per heavy atom. The van der Waals surface area contributed by atoms with Crippen molar-refractivity contribution in [3.8, 4) is 16.3 Å². The molecule has 7 heteroatoms. The lowest BCUT2D eigenvalue weighted by Crippen LogP contribution is -2.24. The van der Waals surface area contributed by atoms with Gasteiger partial charge in [0, 0.05) is 23.9 Å². The Bertz CT molecular complexity index is 725. The zero-order valence-electron chi connectivity index (χ0n) is 15.3. The van der Waals surface area contributed by atoms with Crippen LogP contribution < -0.4 is 10.1 Å². The second-order valence-corrected chi connectivity index (χ2v) is 6.88. The lowest BCUT2D eigenvalue weighted by Gasteiger charge is -2.09. The summed E-state index contributed by atoms with van der Waals surface area (Å²) in [7, 11) is 1.37. The van der Waals surface area contributed by atoms with Crippen LogP contribution >= 0.6 is 11.3 Å². The van der Waals surface area contributed by atoms with E-state index in [1.54, 1.807) is 5.38 Å². The number of benzene rings is 1. The van der Waals surface area contributed by atoms with E-state index in [0.717, 1.165) is 22.7 Å². The number of nitrogens with zero attached hydrogens (tertiary/aromatic N) is 1. The Morgan fingerprint density at radius 2 is 1.92 bits per heavy atom. The molecular formula is C19H24N2O4S. The monoisotopic (exact) mass is 376 g/mol. The number of aromatic nitrogens is 1. The summed E-state index contributed by atoms with van der Waals surface area (Å²) in [5, 5.41) is 5.36. The van der Waals surface area contributed by atoms with Crippen LogP contribution in [-0.2, 0) is 9.53 Å². The minimum atomic E-state index is -0.231. The number of esters is 1. The standard InChI is InChI=1S/C19H24N2O4S/c1-13(2)25-15-9-7-14(8-10-15)19-21-16(12-26-19)18(23)20-11-5-4-6-17(22)24-3/h7-10,12-13H,4-6,11H2,1-3H3,(H,20,23). The number of carbonyl (C=O) groups excluding carboxylic acids is 2. The molecule has 0 aliphatic heterocycles. The molecule has 0 spiro atoms. The van der Waals surface area contributed by atoms with Crippen molar-refractivity contribution in [3.05, 3.63) is 35.3 Å². The van der Waals surface area contributed by atoms with Gasteiger partial charge in [0.1, 0.15) is 16.5 Å². The third-order valence-corrected chi connectivity index (χ3v) is 4.42. The summed E-state index contributed by atoms with van der Waals surface area (Å²) in [4.78, 5) is 27.6. The van der Waals surface area contributed by atoms with E-state index in [1.807, 2.05) is 38.1 Å². The molecule has 140 valence electrons. The molecule has 1 amide bonds. The van der Waals surface area contributed by atoms with Gasteiger partial charge in [0.05, 0.1) is 13.2 Å². The maximum Gasteiger partial charge on any atom is 0.305 e. The molecular weight excluding hydrogens is 352 g/mol. The fraction of sp³-hybridized carbons (Fsp3) is 0.421. The van der Waals surface area contributed by atoms with Crippen LogP contribution in [0.15, 0.2) is 29.6 Å². The summed E-state index contributed by atoms with van der Waals surface area (Å²) >= 11 is 1.43. The second kappa shape index (κ2) is 9.91. The molecule has 0 aliphatic rings. The van der Waals surface area contributed by atoms with Crippen LogP contribution in [0.2, 0.25) is 0 Å². The predicted octanol–water partition coefficient (Wildman–Crippen LogP) is 3.67. The molecule has 1 heterocycles. The Labute approximate surface area is 157 Å². The predicted molar refractivity (Wildman–Crippen MR) is 102 cm³/mol. The third kappa shape index (κ3) is 6.15. The van der Waals surface area contributed by atoms with Gasteiger partial charge in [-0.15, -0.1) is 11.3 Å². The third-order valence-electron chi connectivity index (χ3n) is 3.53. The summed E-state index contributed by atoms with van der Waals surface area (Å²) in [5.74, 6) is 0.376. The number of carbonyl (C=O) groups is 2. The van der Waals surface area contributed by atoms with Crippen molar-refractivity contribution >= 4 is 23.2 Å². The SMILES string of the molecule is COC(=O)CCCCNC(=O)c1csc(-c2ccc(OC(C)C)cc2)n1. The number of amides is 1. The van der Waals surface area contributed by atoms with Gasteiger partial charge in [0.25, 0.3) is 5.91 Å². The van der Waals surface area contributed by atoms with E-state index in [1.165, 1.54) is 18.4 Å². The Balaban J connectivity index is 1.84. The van der Waals surface area contributed by atoms with Gasteiger partial charge in [0.2, 0.25) is 0 Å². The first-order valence-electron chi connectivity index (χ1n) is 8.57. The highest BCUT2D eigenvalue weighted by atomic mass is 32.1. The number of thiazole rings is 1. The first-order valence-corrected chi connectivity index (χ1v) is 9.45. The van der Waals surface area contributed by atoms with E-state index in [0.29, 0.717) is 25.1 Å². The molecule has 1 aromatic heterocycles. The molecule has 0 unspecified atom stereocenters. The molecule has 0 saturated carbocycles. The van der Waals surface area contributed by atoms with Crippen molar-refractivity contribution < 1.29 is 19.1 Å². The minimum Gasteiger partial charge on any atom is -0.491 e. The van der Waals surface area contributed by atoms with Crippen LogP contribution in [0.5, 0.6) is 5.75 Å². The lowest BCUT2D eigenvalue weighted by molar-refractivity contribution is -0.140. The molecule has 1 N–H and O–H groups in total. The van der Waals surface area contributed by atoms with E-state index in [2.05, 4.69) is 15.0 Å². The smallest absolute Gasteiger partial charge is 0.305 e. The van der Waals surface area contributed by atoms with Gasteiger partial charge in [0.15, 0.2) is 0 Å². The Morgan fingerprint density at radius 3 is 2.58 bits per heavy atom. The molecule has 0 radical (unpaired) electrons. The Hall–Kier alpha value is -2.41. The van der Waals surface area contributed by atoms with Crippen LogP contribution in [0, 0.1) is 0 Å². The van der Waals surface area contributed by atoms with Crippen LogP contribution in [0.3, 0.4) is 0 Å². The highest BCUT2D eigenvalue weighted by Gasteiger charge is 2.12. The first-order chi connectivity index (χ1) is 12.5. The normalized spacial score (nSPS) is 10.6. The summed E-state index contributed by atoms with van der Waals surface area (Å²) in [5.41, 5.74) is 1.35. The molecule has 26 heavy (non-hydrogen) atoms. The average molecular weight is 376 g/mol. The summed E-state index contributed by atoms with van der Waals surface area (Å²) in [6.45, 7) is 4.47. The summed E-state index contributed by atoms with van der Waals surface area (Å²) < 4.78 is 10.2. The average Bonchev–Trinajstić information content (AvgIpc) is 3.11. The molecule has 1 aromatic carbocycles. The molecule has 2 rings (SSSR count). The largest absolute Gasteiger partial charge is 0.491 e. The number of ether oxygens (including phenoxy) is 2. The molecule has 0 fully saturated rings. The van der Waals surface area contributed by atoms with E-state index in [-0.39, 0.29) is 18.0 Å². The minimum absolute atomic E-state index is 0.128. The zero-order chi connectivity index (χ0) is 18.9. The molecule has 0 atom stereocenters. The van der Waals surface area contributed by atoms with Crippen molar-refractivity contribution in [1.29, 1.82) is 0 Å².